The number of hydrogen-bond acceptors (Lipinski definition) is 5. The van der Waals surface area contributed by atoms with Gasteiger partial charge in [-0.2, -0.15) is 0 Å². The molecule has 5 nitrogen and oxygen atoms in total. The lowest BCUT2D eigenvalue weighted by molar-refractivity contribution is 0.410. The van der Waals surface area contributed by atoms with Gasteiger partial charge in [0.15, 0.2) is 0 Å². The second kappa shape index (κ2) is 6.78. The van der Waals surface area contributed by atoms with Gasteiger partial charge in [-0.25, -0.2) is 5.10 Å². The Bertz CT molecular complexity index is 224. The van der Waals surface area contributed by atoms with Gasteiger partial charge in [-0.3, -0.25) is 0 Å². The highest BCUT2D eigenvalue weighted by Gasteiger charge is 1.97. The molecule has 1 N–H and O–H groups in total. The van der Waals surface area contributed by atoms with E-state index in [1.807, 2.05) is 0 Å². The van der Waals surface area contributed by atoms with Gasteiger partial charge >= 0.3 is 0 Å². The molecule has 0 bridgehead atoms. The van der Waals surface area contributed by atoms with Gasteiger partial charge < -0.3 is 4.90 Å². The molecule has 0 aliphatic rings. The van der Waals surface area contributed by atoms with Gasteiger partial charge in [0.05, 0.1) is 0 Å². The molecule has 0 aliphatic heterocycles. The summed E-state index contributed by atoms with van der Waals surface area (Å²) in [7, 11) is 4.17. The normalized spacial score (nSPS) is 11.1. The van der Waals surface area contributed by atoms with E-state index in [-0.39, 0.29) is 0 Å². The van der Waals surface area contributed by atoms with E-state index in [1.54, 1.807) is 11.8 Å². The number of nitrogens with one attached hydrogen (secondary N) is 1. The lowest BCUT2D eigenvalue weighted by Gasteiger charge is -2.07. The van der Waals surface area contributed by atoms with Gasteiger partial charge in [0.25, 0.3) is 0 Å². The van der Waals surface area contributed by atoms with E-state index in [1.165, 1.54) is 0 Å². The molecule has 0 saturated carbocycles. The van der Waals surface area contributed by atoms with Crippen LogP contribution in [0.2, 0.25) is 0 Å². The van der Waals surface area contributed by atoms with Crippen LogP contribution in [0.3, 0.4) is 0 Å². The van der Waals surface area contributed by atoms with Gasteiger partial charge in [0.2, 0.25) is 5.16 Å². The smallest absolute Gasteiger partial charge is 0.206 e. The van der Waals surface area contributed by atoms with Crippen LogP contribution in [0, 0.1) is 6.42 Å². The Kier molecular flexibility index (Phi) is 5.55. The van der Waals surface area contributed by atoms with Crippen molar-refractivity contribution in [2.45, 2.75) is 18.0 Å². The third-order valence-corrected chi connectivity index (χ3v) is 2.55. The minimum absolute atomic E-state index is 0.797. The van der Waals surface area contributed by atoms with Gasteiger partial charge in [-0.05, 0) is 50.3 Å². The summed E-state index contributed by atoms with van der Waals surface area (Å²) in [5.41, 5.74) is 0. The summed E-state index contributed by atoms with van der Waals surface area (Å²) < 4.78 is 0. The molecule has 1 aromatic rings. The maximum atomic E-state index is 3.79. The SMILES string of the molecule is CN(C)CC[CH]CCSc1nnn[nH]1. The average molecular weight is 214 g/mol. The summed E-state index contributed by atoms with van der Waals surface area (Å²) in [6.45, 7) is 1.12. The van der Waals surface area contributed by atoms with Gasteiger partial charge in [0, 0.05) is 5.75 Å². The first-order valence-corrected chi connectivity index (χ1v) is 5.60. The van der Waals surface area contributed by atoms with Gasteiger partial charge in [-0.15, -0.1) is 5.10 Å². The van der Waals surface area contributed by atoms with Crippen LogP contribution in [0.5, 0.6) is 0 Å². The number of tetrazole rings is 1. The van der Waals surface area contributed by atoms with Crippen molar-refractivity contribution in [2.24, 2.45) is 0 Å². The van der Waals surface area contributed by atoms with Crippen LogP contribution in [-0.4, -0.2) is 51.9 Å². The van der Waals surface area contributed by atoms with Crippen LogP contribution in [0.25, 0.3) is 0 Å². The molecule has 79 valence electrons. The van der Waals surface area contributed by atoms with Crippen molar-refractivity contribution in [3.63, 3.8) is 0 Å². The minimum Gasteiger partial charge on any atom is -0.309 e. The molecule has 0 unspecified atom stereocenters. The monoisotopic (exact) mass is 214 g/mol. The number of hydrogen-bond donors (Lipinski definition) is 1. The fourth-order valence-electron chi connectivity index (χ4n) is 0.944. The molecule has 0 fully saturated rings. The third kappa shape index (κ3) is 5.18. The van der Waals surface area contributed by atoms with E-state index >= 15 is 0 Å². The average Bonchev–Trinajstić information content (AvgIpc) is 2.63. The molecule has 0 aliphatic carbocycles. The van der Waals surface area contributed by atoms with Crippen molar-refractivity contribution in [2.75, 3.05) is 26.4 Å². The molecule has 0 spiro atoms. The number of nitrogens with zero attached hydrogens (tertiary/aromatic N) is 4. The van der Waals surface area contributed by atoms with Crippen molar-refractivity contribution in [3.8, 4) is 0 Å². The lowest BCUT2D eigenvalue weighted by atomic mass is 10.2. The van der Waals surface area contributed by atoms with Crippen molar-refractivity contribution < 1.29 is 0 Å². The zero-order chi connectivity index (χ0) is 10.2. The first-order valence-electron chi connectivity index (χ1n) is 4.62. The Morgan fingerprint density at radius 3 is 2.93 bits per heavy atom. The fraction of sp³-hybridized carbons (Fsp3) is 0.750. The van der Waals surface area contributed by atoms with E-state index in [0.29, 0.717) is 0 Å². The van der Waals surface area contributed by atoms with E-state index in [4.69, 9.17) is 0 Å². The highest BCUT2D eigenvalue weighted by molar-refractivity contribution is 7.99. The Labute approximate surface area is 88.6 Å². The van der Waals surface area contributed by atoms with Crippen LogP contribution < -0.4 is 0 Å². The highest BCUT2D eigenvalue weighted by atomic mass is 32.2. The number of unbranched alkanes of at least 4 members (excludes halogenated alkanes) is 2. The van der Waals surface area contributed by atoms with E-state index in [9.17, 15) is 0 Å². The molecular weight excluding hydrogens is 198 g/mol. The summed E-state index contributed by atoms with van der Waals surface area (Å²) in [4.78, 5) is 2.18. The molecule has 1 radical (unpaired) electrons. The standard InChI is InChI=1S/C8H16N5S/c1-13(2)6-4-3-5-7-14-8-9-11-12-10-8/h3H,4-7H2,1-2H3,(H,9,10,11,12). The molecule has 0 amide bonds. The zero-order valence-corrected chi connectivity index (χ0v) is 9.42. The number of aromatic amines is 1. The van der Waals surface area contributed by atoms with Crippen LogP contribution in [0.1, 0.15) is 12.8 Å². The second-order valence-corrected chi connectivity index (χ2v) is 4.31. The fourth-order valence-corrected chi connectivity index (χ4v) is 1.62. The molecular formula is C8H16N5S. The summed E-state index contributed by atoms with van der Waals surface area (Å²) in [6, 6.07) is 0. The Balaban J connectivity index is 1.90. The van der Waals surface area contributed by atoms with Gasteiger partial charge in [-0.1, -0.05) is 11.8 Å². The summed E-state index contributed by atoms with van der Waals surface area (Å²) in [6.07, 6.45) is 4.54. The molecule has 1 rings (SSSR count). The van der Waals surface area contributed by atoms with Crippen LogP contribution in [0.15, 0.2) is 5.16 Å². The maximum Gasteiger partial charge on any atom is 0.206 e. The van der Waals surface area contributed by atoms with E-state index in [0.717, 1.165) is 30.3 Å². The number of aromatic nitrogens is 4. The number of thioether (sulfide) groups is 1. The maximum absolute atomic E-state index is 3.79. The lowest BCUT2D eigenvalue weighted by Crippen LogP contribution is -2.12. The second-order valence-electron chi connectivity index (χ2n) is 3.22. The van der Waals surface area contributed by atoms with Gasteiger partial charge in [0.1, 0.15) is 0 Å². The van der Waals surface area contributed by atoms with Crippen molar-refractivity contribution in [3.05, 3.63) is 6.42 Å². The largest absolute Gasteiger partial charge is 0.309 e. The van der Waals surface area contributed by atoms with Crippen molar-refractivity contribution >= 4 is 11.8 Å². The molecule has 6 heteroatoms. The highest BCUT2D eigenvalue weighted by Crippen LogP contribution is 2.12. The quantitative estimate of drug-likeness (QED) is 0.538. The first-order chi connectivity index (χ1) is 6.79. The number of rotatable bonds is 7. The molecule has 1 heterocycles. The summed E-state index contributed by atoms with van der Waals surface area (Å²) in [5.74, 6) is 1.03. The third-order valence-electron chi connectivity index (χ3n) is 1.67. The minimum atomic E-state index is 0.797. The Morgan fingerprint density at radius 1 is 1.43 bits per heavy atom. The van der Waals surface area contributed by atoms with E-state index < -0.39 is 0 Å². The molecule has 0 atom stereocenters. The number of H-pyrrole nitrogens is 1. The van der Waals surface area contributed by atoms with Crippen LogP contribution >= 0.6 is 11.8 Å². The van der Waals surface area contributed by atoms with Crippen molar-refractivity contribution in [1.29, 1.82) is 0 Å². The predicted octanol–water partition coefficient (Wildman–Crippen LogP) is 0.838. The Hall–Kier alpha value is -0.620. The predicted molar refractivity (Wildman–Crippen MR) is 57.0 cm³/mol. The summed E-state index contributed by atoms with van der Waals surface area (Å²) >= 11 is 1.65. The van der Waals surface area contributed by atoms with Crippen molar-refractivity contribution in [1.82, 2.24) is 25.5 Å². The summed E-state index contributed by atoms with van der Waals surface area (Å²) in [5, 5.41) is 14.3. The Morgan fingerprint density at radius 2 is 2.29 bits per heavy atom. The topological polar surface area (TPSA) is 57.7 Å². The van der Waals surface area contributed by atoms with Crippen LogP contribution in [0.4, 0.5) is 0 Å². The molecule has 0 aromatic carbocycles. The van der Waals surface area contributed by atoms with E-state index in [2.05, 4.69) is 46.0 Å². The first kappa shape index (κ1) is 11.5. The molecule has 1 aromatic heterocycles. The molecule has 14 heavy (non-hydrogen) atoms. The molecule has 0 saturated heterocycles. The van der Waals surface area contributed by atoms with Crippen LogP contribution in [-0.2, 0) is 0 Å². The zero-order valence-electron chi connectivity index (χ0n) is 8.60.